The molecule has 1 radical (unpaired) electrons. The number of aromatic nitrogens is 3. The van der Waals surface area contributed by atoms with Gasteiger partial charge in [-0.05, 0) is 85.5 Å². The van der Waals surface area contributed by atoms with Crippen LogP contribution in [0.15, 0.2) is 48.7 Å². The summed E-state index contributed by atoms with van der Waals surface area (Å²) in [6, 6.07) is 16.0. The SMILES string of the molecule is C[C@@H](c1nc2cc[c]cc2[nH]1)C1CCC(c2ccnc3ccc(F)cc23)CC1. The van der Waals surface area contributed by atoms with E-state index >= 15 is 0 Å². The molecule has 2 aromatic carbocycles. The highest BCUT2D eigenvalue weighted by Crippen LogP contribution is 2.42. The van der Waals surface area contributed by atoms with Crippen LogP contribution in [0.2, 0.25) is 0 Å². The number of nitrogens with zero attached hydrogens (tertiary/aromatic N) is 2. The van der Waals surface area contributed by atoms with Gasteiger partial charge in [0.1, 0.15) is 11.6 Å². The van der Waals surface area contributed by atoms with Crippen LogP contribution < -0.4 is 0 Å². The third-order valence-electron chi connectivity index (χ3n) is 6.43. The molecule has 1 atom stereocenters. The minimum absolute atomic E-state index is 0.189. The van der Waals surface area contributed by atoms with E-state index in [0.717, 1.165) is 53.4 Å². The van der Waals surface area contributed by atoms with Crippen LogP contribution in [0.3, 0.4) is 0 Å². The minimum atomic E-state index is -0.189. The van der Waals surface area contributed by atoms with Crippen molar-refractivity contribution < 1.29 is 4.39 Å². The van der Waals surface area contributed by atoms with Crippen molar-refractivity contribution in [3.8, 4) is 0 Å². The second-order valence-electron chi connectivity index (χ2n) is 8.03. The zero-order chi connectivity index (χ0) is 19.1. The van der Waals surface area contributed by atoms with Crippen molar-refractivity contribution in [2.45, 2.75) is 44.4 Å². The maximum Gasteiger partial charge on any atom is 0.123 e. The monoisotopic (exact) mass is 372 g/mol. The number of pyridine rings is 1. The first kappa shape index (κ1) is 17.4. The van der Waals surface area contributed by atoms with Gasteiger partial charge in [-0.25, -0.2) is 9.37 Å². The molecule has 2 heterocycles. The Morgan fingerprint density at radius 2 is 1.96 bits per heavy atom. The van der Waals surface area contributed by atoms with E-state index in [1.54, 1.807) is 12.1 Å². The molecule has 4 aromatic rings. The van der Waals surface area contributed by atoms with Crippen molar-refractivity contribution >= 4 is 21.9 Å². The lowest BCUT2D eigenvalue weighted by Gasteiger charge is -2.32. The van der Waals surface area contributed by atoms with Crippen molar-refractivity contribution in [2.24, 2.45) is 5.92 Å². The maximum atomic E-state index is 13.8. The van der Waals surface area contributed by atoms with Crippen LogP contribution in [0, 0.1) is 17.8 Å². The van der Waals surface area contributed by atoms with Crippen molar-refractivity contribution in [2.75, 3.05) is 0 Å². The Labute approximate surface area is 164 Å². The summed E-state index contributed by atoms with van der Waals surface area (Å²) < 4.78 is 13.8. The molecule has 0 saturated heterocycles. The van der Waals surface area contributed by atoms with E-state index in [1.165, 1.54) is 11.6 Å². The molecular weight excluding hydrogens is 349 g/mol. The first-order chi connectivity index (χ1) is 13.7. The molecule has 5 rings (SSSR count). The summed E-state index contributed by atoms with van der Waals surface area (Å²) in [4.78, 5) is 12.7. The van der Waals surface area contributed by atoms with Crippen molar-refractivity contribution in [3.63, 3.8) is 0 Å². The van der Waals surface area contributed by atoms with Crippen molar-refractivity contribution in [1.29, 1.82) is 0 Å². The molecule has 1 N–H and O–H groups in total. The van der Waals surface area contributed by atoms with Crippen LogP contribution in [0.4, 0.5) is 4.39 Å². The Bertz CT molecular complexity index is 1090. The van der Waals surface area contributed by atoms with Gasteiger partial charge in [-0.3, -0.25) is 4.98 Å². The van der Waals surface area contributed by atoms with E-state index in [9.17, 15) is 4.39 Å². The first-order valence-corrected chi connectivity index (χ1v) is 10.1. The molecule has 0 amide bonds. The summed E-state index contributed by atoms with van der Waals surface area (Å²) in [6.07, 6.45) is 6.43. The minimum Gasteiger partial charge on any atom is -0.342 e. The third kappa shape index (κ3) is 3.07. The average Bonchev–Trinajstić information content (AvgIpc) is 3.17. The van der Waals surface area contributed by atoms with Crippen LogP contribution in [-0.2, 0) is 0 Å². The molecule has 28 heavy (non-hydrogen) atoms. The van der Waals surface area contributed by atoms with E-state index in [0.29, 0.717) is 17.8 Å². The van der Waals surface area contributed by atoms with Gasteiger partial charge in [0.25, 0.3) is 0 Å². The van der Waals surface area contributed by atoms with Gasteiger partial charge < -0.3 is 4.98 Å². The van der Waals surface area contributed by atoms with Gasteiger partial charge >= 0.3 is 0 Å². The Hall–Kier alpha value is -2.75. The number of H-pyrrole nitrogens is 1. The molecule has 1 fully saturated rings. The lowest BCUT2D eigenvalue weighted by atomic mass is 9.73. The van der Waals surface area contributed by atoms with Crippen molar-refractivity contribution in [3.05, 3.63) is 71.9 Å². The van der Waals surface area contributed by atoms with Crippen LogP contribution in [0.5, 0.6) is 0 Å². The number of hydrogen-bond donors (Lipinski definition) is 1. The molecule has 1 saturated carbocycles. The number of hydrogen-bond acceptors (Lipinski definition) is 2. The molecule has 141 valence electrons. The summed E-state index contributed by atoms with van der Waals surface area (Å²) in [6.45, 7) is 2.28. The van der Waals surface area contributed by atoms with Gasteiger partial charge in [-0.15, -0.1) is 0 Å². The fourth-order valence-electron chi connectivity index (χ4n) is 4.78. The fraction of sp³-hybridized carbons (Fsp3) is 0.333. The molecule has 3 nitrogen and oxygen atoms in total. The van der Waals surface area contributed by atoms with Gasteiger partial charge in [-0.1, -0.05) is 13.0 Å². The predicted molar refractivity (Wildman–Crippen MR) is 110 cm³/mol. The van der Waals surface area contributed by atoms with E-state index in [-0.39, 0.29) is 5.82 Å². The molecule has 1 aliphatic rings. The largest absolute Gasteiger partial charge is 0.342 e. The second-order valence-corrected chi connectivity index (χ2v) is 8.03. The molecule has 2 aromatic heterocycles. The zero-order valence-electron chi connectivity index (χ0n) is 16.0. The highest BCUT2D eigenvalue weighted by Gasteiger charge is 2.29. The molecule has 0 unspecified atom stereocenters. The number of halogens is 1. The molecule has 4 heteroatoms. The fourth-order valence-corrected chi connectivity index (χ4v) is 4.78. The smallest absolute Gasteiger partial charge is 0.123 e. The Balaban J connectivity index is 1.34. The Kier molecular flexibility index (Phi) is 4.34. The second kappa shape index (κ2) is 7.01. The van der Waals surface area contributed by atoms with Gasteiger partial charge in [0.15, 0.2) is 0 Å². The number of fused-ring (bicyclic) bond motifs is 2. The summed E-state index contributed by atoms with van der Waals surface area (Å²) in [5, 5.41) is 0.965. The number of benzene rings is 2. The van der Waals surface area contributed by atoms with E-state index in [2.05, 4.69) is 29.0 Å². The quantitative estimate of drug-likeness (QED) is 0.470. The predicted octanol–water partition coefficient (Wildman–Crippen LogP) is 6.13. The Morgan fingerprint density at radius 1 is 1.11 bits per heavy atom. The molecular formula is C24H23FN3. The normalized spacial score (nSPS) is 21.2. The standard InChI is InChI=1S/C24H23FN3/c1-15(24-27-22-4-2-3-5-23(22)28-24)16-6-8-17(9-7-16)19-12-13-26-21-11-10-18(25)14-20(19)21/h2,4-5,10-17H,6-9H2,1H3,(H,27,28)/t15-,16?,17?/m1/s1. The summed E-state index contributed by atoms with van der Waals surface area (Å²) >= 11 is 0. The number of aromatic amines is 1. The van der Waals surface area contributed by atoms with Gasteiger partial charge in [0, 0.05) is 17.5 Å². The summed E-state index contributed by atoms with van der Waals surface area (Å²) in [5.41, 5.74) is 4.20. The lowest BCUT2D eigenvalue weighted by Crippen LogP contribution is -2.19. The van der Waals surface area contributed by atoms with Crippen LogP contribution in [-0.4, -0.2) is 15.0 Å². The van der Waals surface area contributed by atoms with E-state index < -0.39 is 0 Å². The third-order valence-corrected chi connectivity index (χ3v) is 6.43. The van der Waals surface area contributed by atoms with E-state index in [4.69, 9.17) is 4.98 Å². The number of nitrogens with one attached hydrogen (secondary N) is 1. The van der Waals surface area contributed by atoms with E-state index in [1.807, 2.05) is 24.4 Å². The highest BCUT2D eigenvalue weighted by atomic mass is 19.1. The molecule has 0 aliphatic heterocycles. The van der Waals surface area contributed by atoms with Gasteiger partial charge in [0.05, 0.1) is 16.6 Å². The van der Waals surface area contributed by atoms with Crippen LogP contribution in [0.25, 0.3) is 21.9 Å². The number of imidazole rings is 1. The maximum absolute atomic E-state index is 13.8. The van der Waals surface area contributed by atoms with Crippen LogP contribution >= 0.6 is 0 Å². The summed E-state index contributed by atoms with van der Waals surface area (Å²) in [5.74, 6) is 2.38. The van der Waals surface area contributed by atoms with Crippen LogP contribution in [0.1, 0.15) is 55.8 Å². The van der Waals surface area contributed by atoms with Gasteiger partial charge in [0.2, 0.25) is 0 Å². The molecule has 1 aliphatic carbocycles. The first-order valence-electron chi connectivity index (χ1n) is 10.1. The topological polar surface area (TPSA) is 41.6 Å². The van der Waals surface area contributed by atoms with Crippen molar-refractivity contribution in [1.82, 2.24) is 15.0 Å². The number of rotatable bonds is 3. The van der Waals surface area contributed by atoms with Gasteiger partial charge in [-0.2, -0.15) is 0 Å². The average molecular weight is 372 g/mol. The molecule has 0 bridgehead atoms. The lowest BCUT2D eigenvalue weighted by molar-refractivity contribution is 0.286. The zero-order valence-corrected chi connectivity index (χ0v) is 16.0. The molecule has 0 spiro atoms. The Morgan fingerprint density at radius 3 is 2.79 bits per heavy atom. The highest BCUT2D eigenvalue weighted by molar-refractivity contribution is 5.82. The summed E-state index contributed by atoms with van der Waals surface area (Å²) in [7, 11) is 0.